The van der Waals surface area contributed by atoms with Crippen LogP contribution in [0.25, 0.3) is 0 Å². The average molecular weight is 515 g/mol. The number of fused-ring (bicyclic) bond motifs is 1. The predicted octanol–water partition coefficient (Wildman–Crippen LogP) is 3.12. The van der Waals surface area contributed by atoms with Gasteiger partial charge < -0.3 is 19.9 Å². The van der Waals surface area contributed by atoms with Crippen LogP contribution in [0, 0.1) is 5.92 Å². The Balaban J connectivity index is 0.00000320. The van der Waals surface area contributed by atoms with Gasteiger partial charge in [-0.2, -0.15) is 10.2 Å². The van der Waals surface area contributed by atoms with E-state index in [9.17, 15) is 9.59 Å². The van der Waals surface area contributed by atoms with Crippen LogP contribution >= 0.6 is 0 Å². The van der Waals surface area contributed by atoms with E-state index in [1.165, 1.54) is 0 Å². The number of urea groups is 1. The second-order valence-electron chi connectivity index (χ2n) is 10.7. The number of piperazine rings is 1. The van der Waals surface area contributed by atoms with Crippen molar-refractivity contribution in [3.63, 3.8) is 0 Å². The van der Waals surface area contributed by atoms with Gasteiger partial charge in [0, 0.05) is 63.7 Å². The SMILES string of the molecule is C.CCn1ccc(C(=O)Nc2n[nH]c3c2CN(C(=O)N2CCN(CC4CCOCC4)C[C@@H]2C)C3(C)C)n1. The molecule has 0 saturated carbocycles. The van der Waals surface area contributed by atoms with Gasteiger partial charge >= 0.3 is 6.03 Å². The van der Waals surface area contributed by atoms with Crippen molar-refractivity contribution in [1.29, 1.82) is 0 Å². The number of aryl methyl sites for hydroxylation is 1. The molecule has 5 rings (SSSR count). The number of hydrogen-bond acceptors (Lipinski definition) is 6. The fourth-order valence-corrected chi connectivity index (χ4v) is 5.69. The van der Waals surface area contributed by atoms with Crippen LogP contribution in [0.4, 0.5) is 10.6 Å². The molecule has 37 heavy (non-hydrogen) atoms. The van der Waals surface area contributed by atoms with Crippen LogP contribution in [0.15, 0.2) is 12.3 Å². The summed E-state index contributed by atoms with van der Waals surface area (Å²) in [5, 5.41) is 14.6. The quantitative estimate of drug-likeness (QED) is 0.634. The van der Waals surface area contributed by atoms with Gasteiger partial charge in [-0.05, 0) is 52.5 Å². The van der Waals surface area contributed by atoms with Crippen molar-refractivity contribution in [2.24, 2.45) is 5.92 Å². The highest BCUT2D eigenvalue weighted by Gasteiger charge is 2.46. The molecule has 0 aliphatic carbocycles. The number of ether oxygens (including phenoxy) is 1. The Labute approximate surface area is 219 Å². The zero-order valence-electron chi connectivity index (χ0n) is 21.8. The molecule has 0 radical (unpaired) electrons. The molecule has 11 heteroatoms. The Morgan fingerprint density at radius 3 is 2.68 bits per heavy atom. The lowest BCUT2D eigenvalue weighted by Gasteiger charge is -2.44. The lowest BCUT2D eigenvalue weighted by molar-refractivity contribution is 0.0290. The van der Waals surface area contributed by atoms with E-state index in [4.69, 9.17) is 4.74 Å². The first-order valence-electron chi connectivity index (χ1n) is 13.1. The van der Waals surface area contributed by atoms with Crippen LogP contribution in [0.3, 0.4) is 0 Å². The highest BCUT2D eigenvalue weighted by molar-refractivity contribution is 6.02. The Kier molecular flexibility index (Phi) is 7.94. The van der Waals surface area contributed by atoms with E-state index in [0.29, 0.717) is 37.1 Å². The fourth-order valence-electron chi connectivity index (χ4n) is 5.69. The van der Waals surface area contributed by atoms with Crippen molar-refractivity contribution in [2.45, 2.75) is 72.6 Å². The summed E-state index contributed by atoms with van der Waals surface area (Å²) >= 11 is 0. The summed E-state index contributed by atoms with van der Waals surface area (Å²) in [4.78, 5) is 32.9. The minimum absolute atomic E-state index is 0. The van der Waals surface area contributed by atoms with Crippen LogP contribution in [0.1, 0.15) is 69.7 Å². The van der Waals surface area contributed by atoms with Crippen molar-refractivity contribution in [1.82, 2.24) is 34.7 Å². The van der Waals surface area contributed by atoms with Gasteiger partial charge in [0.15, 0.2) is 11.5 Å². The maximum atomic E-state index is 13.8. The van der Waals surface area contributed by atoms with Gasteiger partial charge in [0.2, 0.25) is 0 Å². The number of carbonyl (C=O) groups is 2. The number of rotatable bonds is 5. The maximum Gasteiger partial charge on any atom is 0.321 e. The van der Waals surface area contributed by atoms with Gasteiger partial charge in [0.05, 0.1) is 17.8 Å². The topological polar surface area (TPSA) is 112 Å². The molecule has 2 aromatic rings. The van der Waals surface area contributed by atoms with Gasteiger partial charge in [0.1, 0.15) is 0 Å². The average Bonchev–Trinajstić information content (AvgIpc) is 3.56. The van der Waals surface area contributed by atoms with Gasteiger partial charge in [-0.3, -0.25) is 19.5 Å². The Bertz CT molecular complexity index is 1100. The fraction of sp³-hybridized carbons (Fsp3) is 0.692. The van der Waals surface area contributed by atoms with Crippen LogP contribution in [0.5, 0.6) is 0 Å². The Morgan fingerprint density at radius 2 is 2.00 bits per heavy atom. The van der Waals surface area contributed by atoms with Crippen molar-refractivity contribution < 1.29 is 14.3 Å². The second kappa shape index (κ2) is 10.8. The Morgan fingerprint density at radius 1 is 1.24 bits per heavy atom. The van der Waals surface area contributed by atoms with Crippen LogP contribution < -0.4 is 5.32 Å². The third kappa shape index (κ3) is 5.24. The van der Waals surface area contributed by atoms with Crippen molar-refractivity contribution in [2.75, 3.05) is 44.7 Å². The molecule has 11 nitrogen and oxygen atoms in total. The number of aromatic nitrogens is 4. The normalized spacial score (nSPS) is 22.0. The summed E-state index contributed by atoms with van der Waals surface area (Å²) in [5.41, 5.74) is 1.48. The molecule has 3 aliphatic rings. The molecule has 0 bridgehead atoms. The van der Waals surface area contributed by atoms with E-state index in [2.05, 4.69) is 32.4 Å². The minimum Gasteiger partial charge on any atom is -0.381 e. The number of hydrogen-bond donors (Lipinski definition) is 2. The van der Waals surface area contributed by atoms with E-state index in [0.717, 1.165) is 56.9 Å². The predicted molar refractivity (Wildman–Crippen MR) is 141 cm³/mol. The number of nitrogens with one attached hydrogen (secondary N) is 2. The molecule has 0 spiro atoms. The van der Waals surface area contributed by atoms with Gasteiger partial charge in [-0.15, -0.1) is 0 Å². The molecule has 2 fully saturated rings. The van der Waals surface area contributed by atoms with Gasteiger partial charge in [-0.1, -0.05) is 7.43 Å². The van der Waals surface area contributed by atoms with Crippen molar-refractivity contribution in [3.8, 4) is 0 Å². The molecule has 3 aliphatic heterocycles. The van der Waals surface area contributed by atoms with Crippen molar-refractivity contribution >= 4 is 17.8 Å². The van der Waals surface area contributed by atoms with Crippen LogP contribution in [-0.4, -0.2) is 92.1 Å². The molecule has 0 unspecified atom stereocenters. The van der Waals surface area contributed by atoms with E-state index in [1.54, 1.807) is 16.9 Å². The van der Waals surface area contributed by atoms with E-state index in [1.807, 2.05) is 30.6 Å². The third-order valence-electron chi connectivity index (χ3n) is 7.94. The third-order valence-corrected chi connectivity index (χ3v) is 7.94. The number of aromatic amines is 1. The first kappa shape index (κ1) is 27.1. The van der Waals surface area contributed by atoms with Crippen LogP contribution in [0.2, 0.25) is 0 Å². The molecule has 5 heterocycles. The minimum atomic E-state index is -0.564. The number of anilines is 1. The molecule has 1 atom stereocenters. The molecular weight excluding hydrogens is 472 g/mol. The number of nitrogens with zero attached hydrogens (tertiary/aromatic N) is 6. The number of H-pyrrole nitrogens is 1. The second-order valence-corrected chi connectivity index (χ2v) is 10.7. The lowest BCUT2D eigenvalue weighted by Crippen LogP contribution is -2.59. The highest BCUT2D eigenvalue weighted by Crippen LogP contribution is 2.41. The summed E-state index contributed by atoms with van der Waals surface area (Å²) < 4.78 is 7.21. The van der Waals surface area contributed by atoms with Gasteiger partial charge in [0.25, 0.3) is 5.91 Å². The summed E-state index contributed by atoms with van der Waals surface area (Å²) in [7, 11) is 0. The van der Waals surface area contributed by atoms with E-state index < -0.39 is 5.54 Å². The molecule has 2 saturated heterocycles. The molecule has 3 amide bonds. The molecule has 0 aromatic carbocycles. The summed E-state index contributed by atoms with van der Waals surface area (Å²) in [6.45, 7) is 14.5. The van der Waals surface area contributed by atoms with E-state index >= 15 is 0 Å². The maximum absolute atomic E-state index is 13.8. The lowest BCUT2D eigenvalue weighted by atomic mass is 9.99. The van der Waals surface area contributed by atoms with Crippen LogP contribution in [-0.2, 0) is 23.4 Å². The highest BCUT2D eigenvalue weighted by atomic mass is 16.5. The number of amides is 3. The molecule has 204 valence electrons. The smallest absolute Gasteiger partial charge is 0.321 e. The summed E-state index contributed by atoms with van der Waals surface area (Å²) in [5.74, 6) is 0.833. The first-order chi connectivity index (χ1) is 17.3. The first-order valence-corrected chi connectivity index (χ1v) is 13.1. The standard InChI is InChI=1S/C25H38N8O3.CH4/c1-5-31-9-6-20(29-31)23(34)26-22-19-16-33(25(3,4)21(19)27-28-22)24(35)32-11-10-30(14-17(32)2)15-18-7-12-36-13-8-18;/h6,9,17-18H,5,7-8,10-16H2,1-4H3,(H2,26,27,28,34);1H4/t17-;/m0./s1. The monoisotopic (exact) mass is 514 g/mol. The summed E-state index contributed by atoms with van der Waals surface area (Å²) in [6, 6.07) is 1.85. The van der Waals surface area contributed by atoms with Crippen molar-refractivity contribution in [3.05, 3.63) is 29.2 Å². The zero-order chi connectivity index (χ0) is 25.4. The number of carbonyl (C=O) groups excluding carboxylic acids is 2. The largest absolute Gasteiger partial charge is 0.381 e. The zero-order valence-corrected chi connectivity index (χ0v) is 21.8. The van der Waals surface area contributed by atoms with Gasteiger partial charge in [-0.25, -0.2) is 4.79 Å². The van der Waals surface area contributed by atoms with E-state index in [-0.39, 0.29) is 25.4 Å². The molecule has 2 aromatic heterocycles. The summed E-state index contributed by atoms with van der Waals surface area (Å²) in [6.07, 6.45) is 4.03. The Hall–Kier alpha value is -2.92. The molecule has 2 N–H and O–H groups in total. The molecular formula is C26H42N8O3.